The van der Waals surface area contributed by atoms with E-state index in [4.69, 9.17) is 9.47 Å². The SMILES string of the molecule is CCc1cccc2c1[C@H]1OC(O)C[C@H]1O2. The summed E-state index contributed by atoms with van der Waals surface area (Å²) in [6, 6.07) is 6.08. The molecule has 80 valence electrons. The summed E-state index contributed by atoms with van der Waals surface area (Å²) in [5.74, 6) is 0.927. The van der Waals surface area contributed by atoms with Crippen molar-refractivity contribution in [2.75, 3.05) is 0 Å². The molecule has 1 N–H and O–H groups in total. The van der Waals surface area contributed by atoms with Gasteiger partial charge in [-0.25, -0.2) is 0 Å². The van der Waals surface area contributed by atoms with Crippen molar-refractivity contribution in [1.29, 1.82) is 0 Å². The molecule has 0 saturated carbocycles. The number of ether oxygens (including phenoxy) is 2. The number of hydrogen-bond acceptors (Lipinski definition) is 3. The molecule has 1 aromatic carbocycles. The molecule has 1 unspecified atom stereocenters. The number of aryl methyl sites for hydroxylation is 1. The molecular formula is C12H14O3. The standard InChI is InChI=1S/C12H14O3/c1-2-7-4-3-5-8-11(7)12-9(14-8)6-10(13)15-12/h3-5,9-10,12-13H,2,6H2,1H3/t9-,10?,12+/m1/s1. The zero-order valence-electron chi connectivity index (χ0n) is 8.64. The molecule has 1 fully saturated rings. The summed E-state index contributed by atoms with van der Waals surface area (Å²) < 4.78 is 11.2. The molecule has 2 heterocycles. The van der Waals surface area contributed by atoms with E-state index in [0.29, 0.717) is 6.42 Å². The van der Waals surface area contributed by atoms with Gasteiger partial charge in [0.25, 0.3) is 0 Å². The van der Waals surface area contributed by atoms with E-state index in [2.05, 4.69) is 13.0 Å². The predicted molar refractivity (Wildman–Crippen MR) is 54.7 cm³/mol. The Morgan fingerprint density at radius 3 is 3.13 bits per heavy atom. The number of rotatable bonds is 1. The largest absolute Gasteiger partial charge is 0.487 e. The molecule has 2 aliphatic rings. The van der Waals surface area contributed by atoms with Crippen molar-refractivity contribution in [3.8, 4) is 5.75 Å². The minimum Gasteiger partial charge on any atom is -0.487 e. The fourth-order valence-corrected chi connectivity index (χ4v) is 2.49. The van der Waals surface area contributed by atoms with Crippen LogP contribution in [0.3, 0.4) is 0 Å². The molecule has 0 aromatic heterocycles. The summed E-state index contributed by atoms with van der Waals surface area (Å²) in [6.45, 7) is 2.12. The summed E-state index contributed by atoms with van der Waals surface area (Å²) in [6.07, 6.45) is 0.810. The first-order valence-corrected chi connectivity index (χ1v) is 5.41. The van der Waals surface area contributed by atoms with Gasteiger partial charge < -0.3 is 14.6 Å². The van der Waals surface area contributed by atoms with Gasteiger partial charge in [-0.3, -0.25) is 0 Å². The quantitative estimate of drug-likeness (QED) is 0.761. The lowest BCUT2D eigenvalue weighted by atomic mass is 9.99. The molecule has 3 atom stereocenters. The lowest BCUT2D eigenvalue weighted by Crippen LogP contribution is -2.12. The molecular weight excluding hydrogens is 192 g/mol. The van der Waals surface area contributed by atoms with Crippen molar-refractivity contribution in [1.82, 2.24) is 0 Å². The van der Waals surface area contributed by atoms with Crippen molar-refractivity contribution >= 4 is 0 Å². The van der Waals surface area contributed by atoms with Crippen LogP contribution in [0.2, 0.25) is 0 Å². The average molecular weight is 206 g/mol. The second-order valence-corrected chi connectivity index (χ2v) is 4.09. The Bertz CT molecular complexity index is 388. The maximum atomic E-state index is 9.42. The molecule has 1 saturated heterocycles. The maximum Gasteiger partial charge on any atom is 0.159 e. The van der Waals surface area contributed by atoms with Gasteiger partial charge in [0.2, 0.25) is 0 Å². The van der Waals surface area contributed by atoms with Crippen LogP contribution < -0.4 is 4.74 Å². The van der Waals surface area contributed by atoms with Crippen LogP contribution in [0.25, 0.3) is 0 Å². The van der Waals surface area contributed by atoms with Crippen molar-refractivity contribution in [3.05, 3.63) is 29.3 Å². The van der Waals surface area contributed by atoms with Crippen molar-refractivity contribution in [2.24, 2.45) is 0 Å². The maximum absolute atomic E-state index is 9.42. The molecule has 3 nitrogen and oxygen atoms in total. The van der Waals surface area contributed by atoms with Gasteiger partial charge >= 0.3 is 0 Å². The first kappa shape index (κ1) is 9.19. The Labute approximate surface area is 88.6 Å². The van der Waals surface area contributed by atoms with Crippen LogP contribution in [0.1, 0.15) is 30.6 Å². The van der Waals surface area contributed by atoms with Crippen LogP contribution in [0, 0.1) is 0 Å². The minimum atomic E-state index is -0.668. The molecule has 1 aromatic rings. The highest BCUT2D eigenvalue weighted by atomic mass is 16.6. The molecule has 0 radical (unpaired) electrons. The Morgan fingerprint density at radius 1 is 1.47 bits per heavy atom. The topological polar surface area (TPSA) is 38.7 Å². The number of benzene rings is 1. The van der Waals surface area contributed by atoms with Crippen LogP contribution in [0.15, 0.2) is 18.2 Å². The van der Waals surface area contributed by atoms with Crippen LogP contribution in [-0.4, -0.2) is 17.5 Å². The Balaban J connectivity index is 2.05. The van der Waals surface area contributed by atoms with E-state index >= 15 is 0 Å². The average Bonchev–Trinajstić information content (AvgIpc) is 2.72. The van der Waals surface area contributed by atoms with Crippen molar-refractivity contribution < 1.29 is 14.6 Å². The third-order valence-corrected chi connectivity index (χ3v) is 3.18. The predicted octanol–water partition coefficient (Wildman–Crippen LogP) is 1.79. The fraction of sp³-hybridized carbons (Fsp3) is 0.500. The lowest BCUT2D eigenvalue weighted by Gasteiger charge is -2.11. The Hall–Kier alpha value is -1.06. The van der Waals surface area contributed by atoms with E-state index in [1.165, 1.54) is 5.56 Å². The minimum absolute atomic E-state index is 0.00250. The van der Waals surface area contributed by atoms with Gasteiger partial charge in [-0.1, -0.05) is 19.1 Å². The van der Waals surface area contributed by atoms with Crippen LogP contribution >= 0.6 is 0 Å². The summed E-state index contributed by atoms with van der Waals surface area (Å²) in [5.41, 5.74) is 2.40. The van der Waals surface area contributed by atoms with Crippen LogP contribution in [0.4, 0.5) is 0 Å². The van der Waals surface area contributed by atoms with Gasteiger partial charge in [-0.05, 0) is 18.1 Å². The van der Waals surface area contributed by atoms with E-state index in [-0.39, 0.29) is 12.2 Å². The molecule has 2 aliphatic heterocycles. The number of fused-ring (bicyclic) bond motifs is 3. The van der Waals surface area contributed by atoms with E-state index < -0.39 is 6.29 Å². The third-order valence-electron chi connectivity index (χ3n) is 3.18. The lowest BCUT2D eigenvalue weighted by molar-refractivity contribution is -0.0922. The van der Waals surface area contributed by atoms with E-state index in [9.17, 15) is 5.11 Å². The van der Waals surface area contributed by atoms with Gasteiger partial charge in [-0.2, -0.15) is 0 Å². The summed E-state index contributed by atoms with van der Waals surface area (Å²) >= 11 is 0. The molecule has 3 heteroatoms. The number of hydrogen-bond donors (Lipinski definition) is 1. The monoisotopic (exact) mass is 206 g/mol. The van der Waals surface area contributed by atoms with Gasteiger partial charge in [0.05, 0.1) is 0 Å². The number of aliphatic hydroxyl groups is 1. The van der Waals surface area contributed by atoms with E-state index in [0.717, 1.165) is 17.7 Å². The fourth-order valence-electron chi connectivity index (χ4n) is 2.49. The Kier molecular flexibility index (Phi) is 1.97. The third kappa shape index (κ3) is 1.27. The normalized spacial score (nSPS) is 32.3. The van der Waals surface area contributed by atoms with Crippen LogP contribution in [-0.2, 0) is 11.2 Å². The molecule has 0 amide bonds. The van der Waals surface area contributed by atoms with Crippen LogP contribution in [0.5, 0.6) is 5.75 Å². The highest BCUT2D eigenvalue weighted by Crippen LogP contribution is 2.46. The van der Waals surface area contributed by atoms with Crippen molar-refractivity contribution in [2.45, 2.75) is 38.3 Å². The van der Waals surface area contributed by atoms with Gasteiger partial charge in [0, 0.05) is 12.0 Å². The molecule has 0 bridgehead atoms. The molecule has 0 aliphatic carbocycles. The van der Waals surface area contributed by atoms with Gasteiger partial charge in [0.1, 0.15) is 18.0 Å². The molecule has 3 rings (SSSR count). The second-order valence-electron chi connectivity index (χ2n) is 4.09. The first-order chi connectivity index (χ1) is 7.29. The Morgan fingerprint density at radius 2 is 2.33 bits per heavy atom. The zero-order valence-corrected chi connectivity index (χ0v) is 8.64. The van der Waals surface area contributed by atoms with Crippen molar-refractivity contribution in [3.63, 3.8) is 0 Å². The second kappa shape index (κ2) is 3.22. The molecule has 15 heavy (non-hydrogen) atoms. The first-order valence-electron chi connectivity index (χ1n) is 5.41. The summed E-state index contributed by atoms with van der Waals surface area (Å²) in [4.78, 5) is 0. The van der Waals surface area contributed by atoms with E-state index in [1.54, 1.807) is 0 Å². The smallest absolute Gasteiger partial charge is 0.159 e. The summed E-state index contributed by atoms with van der Waals surface area (Å²) in [5, 5.41) is 9.42. The van der Waals surface area contributed by atoms with Gasteiger partial charge in [0.15, 0.2) is 6.29 Å². The summed E-state index contributed by atoms with van der Waals surface area (Å²) in [7, 11) is 0. The highest BCUT2D eigenvalue weighted by Gasteiger charge is 2.44. The van der Waals surface area contributed by atoms with Gasteiger partial charge in [-0.15, -0.1) is 0 Å². The highest BCUT2D eigenvalue weighted by molar-refractivity contribution is 5.46. The zero-order chi connectivity index (χ0) is 10.4. The number of aliphatic hydroxyl groups excluding tert-OH is 1. The molecule has 0 spiro atoms. The van der Waals surface area contributed by atoms with E-state index in [1.807, 2.05) is 12.1 Å².